The summed E-state index contributed by atoms with van der Waals surface area (Å²) in [5.41, 5.74) is 1.24. The van der Waals surface area contributed by atoms with Crippen molar-refractivity contribution in [1.82, 2.24) is 0 Å². The number of hydrogen-bond donors (Lipinski definition) is 0. The number of fused-ring (bicyclic) bond motifs is 1. The van der Waals surface area contributed by atoms with E-state index in [1.165, 1.54) is 11.6 Å². The number of hydrogen-bond acceptors (Lipinski definition) is 0. The summed E-state index contributed by atoms with van der Waals surface area (Å²) >= 11 is 0. The van der Waals surface area contributed by atoms with E-state index >= 15 is 0 Å². The average Bonchev–Trinajstić information content (AvgIpc) is 2.48. The number of unbranched alkanes of at least 4 members (excludes halogenated alkanes) is 2. The fraction of sp³-hybridized carbons (Fsp3) is 0.444. The monoisotopic (exact) mass is 273 g/mol. The highest BCUT2D eigenvalue weighted by molar-refractivity contribution is 5.86. The van der Waals surface area contributed by atoms with Crippen molar-refractivity contribution in [1.29, 1.82) is 0 Å². The Morgan fingerprint density at radius 3 is 2.50 bits per heavy atom. The molecule has 2 rings (SSSR count). The van der Waals surface area contributed by atoms with Crippen LogP contribution in [0.4, 0.5) is 4.39 Å². The maximum Gasteiger partial charge on any atom is 0.131 e. The lowest BCUT2D eigenvalue weighted by atomic mass is 9.87. The van der Waals surface area contributed by atoms with Crippen molar-refractivity contribution in [3.63, 3.8) is 0 Å². The second-order valence-electron chi connectivity index (χ2n) is 5.34. The number of rotatable bonds is 7. The Hall–Kier alpha value is -1.41. The van der Waals surface area contributed by atoms with Crippen molar-refractivity contribution in [3.8, 4) is 0 Å². The zero-order valence-electron chi connectivity index (χ0n) is 12.1. The van der Waals surface area contributed by atoms with Crippen molar-refractivity contribution in [2.45, 2.75) is 44.9 Å². The van der Waals surface area contributed by atoms with E-state index in [0.29, 0.717) is 11.3 Å². The number of halogens is 1. The Balaban J connectivity index is 2.23. The highest BCUT2D eigenvalue weighted by Gasteiger charge is 2.13. The van der Waals surface area contributed by atoms with Gasteiger partial charge in [0.1, 0.15) is 5.82 Å². The molecule has 0 amide bonds. The first-order chi connectivity index (χ1) is 9.77. The summed E-state index contributed by atoms with van der Waals surface area (Å²) in [7, 11) is 0. The molecule has 0 heterocycles. The molecule has 0 N–H and O–H groups in total. The third-order valence-corrected chi connectivity index (χ3v) is 4.03. The highest BCUT2D eigenvalue weighted by Crippen LogP contribution is 2.32. The van der Waals surface area contributed by atoms with Crippen molar-refractivity contribution in [2.24, 2.45) is 0 Å². The first-order valence-electron chi connectivity index (χ1n) is 7.53. The summed E-state index contributed by atoms with van der Waals surface area (Å²) in [6, 6.07) is 11.2. The molecule has 0 spiro atoms. The molecule has 0 aromatic heterocycles. The van der Waals surface area contributed by atoms with Gasteiger partial charge in [-0.2, -0.15) is 0 Å². The molecule has 1 unspecified atom stereocenters. The van der Waals surface area contributed by atoms with Gasteiger partial charge in [-0.05, 0) is 42.2 Å². The second-order valence-corrected chi connectivity index (χ2v) is 5.34. The van der Waals surface area contributed by atoms with Gasteiger partial charge in [0.05, 0.1) is 6.61 Å². The lowest BCUT2D eigenvalue weighted by Crippen LogP contribution is -1.99. The molecular weight excluding hydrogens is 251 g/mol. The van der Waals surface area contributed by atoms with E-state index in [2.05, 4.69) is 13.0 Å². The standard InChI is InChI=1S/C18H22FO/c1-2-14(8-4-3-5-13-20)15-9-6-11-17-16(15)10-7-12-18(17)19/h6-7,9-12,14H,2-5,8,13H2,1H3. The Bertz CT molecular complexity index is 550. The van der Waals surface area contributed by atoms with Crippen molar-refractivity contribution in [2.75, 3.05) is 6.61 Å². The topological polar surface area (TPSA) is 19.9 Å². The predicted octanol–water partition coefficient (Wildman–Crippen LogP) is 5.46. The molecule has 1 atom stereocenters. The molecule has 2 aromatic rings. The summed E-state index contributed by atoms with van der Waals surface area (Å²) in [4.78, 5) is 0. The molecule has 0 fully saturated rings. The second kappa shape index (κ2) is 7.39. The molecule has 0 aliphatic carbocycles. The average molecular weight is 273 g/mol. The van der Waals surface area contributed by atoms with E-state index in [-0.39, 0.29) is 12.4 Å². The predicted molar refractivity (Wildman–Crippen MR) is 81.0 cm³/mol. The molecule has 0 bridgehead atoms. The van der Waals surface area contributed by atoms with Gasteiger partial charge in [-0.1, -0.05) is 50.1 Å². The molecular formula is C18H22FO. The Morgan fingerprint density at radius 1 is 1.00 bits per heavy atom. The minimum absolute atomic E-state index is 0.0241. The zero-order valence-corrected chi connectivity index (χ0v) is 12.1. The molecule has 0 aliphatic heterocycles. The third kappa shape index (κ3) is 3.37. The van der Waals surface area contributed by atoms with Gasteiger partial charge in [0.2, 0.25) is 0 Å². The van der Waals surface area contributed by atoms with Crippen LogP contribution < -0.4 is 0 Å². The van der Waals surface area contributed by atoms with Crippen LogP contribution in [0.25, 0.3) is 10.8 Å². The van der Waals surface area contributed by atoms with Gasteiger partial charge in [-0.3, -0.25) is 0 Å². The van der Waals surface area contributed by atoms with E-state index in [4.69, 9.17) is 0 Å². The van der Waals surface area contributed by atoms with Crippen LogP contribution in [-0.4, -0.2) is 6.61 Å². The maximum atomic E-state index is 13.9. The molecule has 1 radical (unpaired) electrons. The fourth-order valence-corrected chi connectivity index (χ4v) is 2.90. The first-order valence-corrected chi connectivity index (χ1v) is 7.53. The summed E-state index contributed by atoms with van der Waals surface area (Å²) in [5.74, 6) is 0.303. The van der Waals surface area contributed by atoms with Crippen LogP contribution >= 0.6 is 0 Å². The summed E-state index contributed by atoms with van der Waals surface area (Å²) < 4.78 is 13.9. The van der Waals surface area contributed by atoms with Gasteiger partial charge in [0, 0.05) is 5.39 Å². The molecule has 20 heavy (non-hydrogen) atoms. The Morgan fingerprint density at radius 2 is 1.75 bits per heavy atom. The van der Waals surface area contributed by atoms with Gasteiger partial charge < -0.3 is 0 Å². The van der Waals surface area contributed by atoms with Gasteiger partial charge in [-0.25, -0.2) is 9.50 Å². The van der Waals surface area contributed by atoms with E-state index in [1.807, 2.05) is 18.2 Å². The van der Waals surface area contributed by atoms with E-state index in [1.54, 1.807) is 6.07 Å². The maximum absolute atomic E-state index is 13.9. The lowest BCUT2D eigenvalue weighted by Gasteiger charge is -2.18. The van der Waals surface area contributed by atoms with Crippen LogP contribution in [0, 0.1) is 5.82 Å². The van der Waals surface area contributed by atoms with Gasteiger partial charge in [-0.15, -0.1) is 0 Å². The van der Waals surface area contributed by atoms with Gasteiger partial charge >= 0.3 is 0 Å². The Labute approximate surface area is 120 Å². The highest BCUT2D eigenvalue weighted by atomic mass is 19.1. The molecule has 0 aliphatic rings. The lowest BCUT2D eigenvalue weighted by molar-refractivity contribution is 0.185. The quantitative estimate of drug-likeness (QED) is 0.597. The zero-order chi connectivity index (χ0) is 14.4. The minimum Gasteiger partial charge on any atom is -0.237 e. The molecule has 107 valence electrons. The van der Waals surface area contributed by atoms with Crippen LogP contribution in [-0.2, 0) is 5.11 Å². The largest absolute Gasteiger partial charge is 0.237 e. The van der Waals surface area contributed by atoms with Gasteiger partial charge in [0.25, 0.3) is 0 Å². The fourth-order valence-electron chi connectivity index (χ4n) is 2.90. The van der Waals surface area contributed by atoms with Crippen molar-refractivity contribution < 1.29 is 9.50 Å². The third-order valence-electron chi connectivity index (χ3n) is 4.03. The molecule has 2 aromatic carbocycles. The molecule has 2 heteroatoms. The summed E-state index contributed by atoms with van der Waals surface area (Å²) in [6.45, 7) is 2.20. The molecule has 0 saturated carbocycles. The van der Waals surface area contributed by atoms with Crippen molar-refractivity contribution >= 4 is 10.8 Å². The minimum atomic E-state index is -0.148. The smallest absolute Gasteiger partial charge is 0.131 e. The Kier molecular flexibility index (Phi) is 5.54. The van der Waals surface area contributed by atoms with Crippen LogP contribution in [0.5, 0.6) is 0 Å². The van der Waals surface area contributed by atoms with Crippen LogP contribution in [0.15, 0.2) is 36.4 Å². The van der Waals surface area contributed by atoms with Gasteiger partial charge in [0.15, 0.2) is 0 Å². The van der Waals surface area contributed by atoms with Crippen LogP contribution in [0.3, 0.4) is 0 Å². The SMILES string of the molecule is CCC(CCCCC[O])c1cccc2c(F)cccc12. The summed E-state index contributed by atoms with van der Waals surface area (Å²) in [5, 5.41) is 12.2. The number of benzene rings is 2. The first kappa shape index (κ1) is 15.0. The van der Waals surface area contributed by atoms with Crippen LogP contribution in [0.1, 0.15) is 50.5 Å². The van der Waals surface area contributed by atoms with E-state index < -0.39 is 0 Å². The van der Waals surface area contributed by atoms with Crippen LogP contribution in [0.2, 0.25) is 0 Å². The molecule has 0 saturated heterocycles. The summed E-state index contributed by atoms with van der Waals surface area (Å²) in [6.07, 6.45) is 4.96. The van der Waals surface area contributed by atoms with E-state index in [9.17, 15) is 9.50 Å². The molecule has 1 nitrogen and oxygen atoms in total. The van der Waals surface area contributed by atoms with E-state index in [0.717, 1.165) is 37.5 Å². The van der Waals surface area contributed by atoms with Crippen molar-refractivity contribution in [3.05, 3.63) is 47.8 Å². The normalized spacial score (nSPS) is 12.8.